The maximum atomic E-state index is 14.2. The first-order chi connectivity index (χ1) is 16.1. The molecule has 0 bridgehead atoms. The van der Waals surface area contributed by atoms with Crippen molar-refractivity contribution in [3.8, 4) is 0 Å². The maximum Gasteiger partial charge on any atom is 0.416 e. The Labute approximate surface area is 190 Å². The van der Waals surface area contributed by atoms with Gasteiger partial charge in [-0.05, 0) is 31.0 Å². The van der Waals surface area contributed by atoms with E-state index >= 15 is 0 Å². The second-order valence-corrected chi connectivity index (χ2v) is 7.90. The van der Waals surface area contributed by atoms with Gasteiger partial charge in [-0.2, -0.15) is 17.6 Å². The number of nitrogens with zero attached hydrogens (tertiary/aromatic N) is 3. The van der Waals surface area contributed by atoms with Crippen LogP contribution in [0.15, 0.2) is 34.0 Å². The van der Waals surface area contributed by atoms with Gasteiger partial charge in [-0.15, -0.1) is 0 Å². The van der Waals surface area contributed by atoms with Crippen LogP contribution in [0.4, 0.5) is 28.9 Å². The van der Waals surface area contributed by atoms with Crippen LogP contribution in [0, 0.1) is 5.82 Å². The molecule has 34 heavy (non-hydrogen) atoms. The molecule has 0 unspecified atom stereocenters. The molecule has 1 aromatic heterocycles. The Hall–Kier alpha value is -3.19. The van der Waals surface area contributed by atoms with Crippen molar-refractivity contribution in [1.29, 1.82) is 0 Å². The summed E-state index contributed by atoms with van der Waals surface area (Å²) in [5, 5.41) is 2.35. The van der Waals surface area contributed by atoms with Crippen molar-refractivity contribution in [1.82, 2.24) is 9.13 Å². The normalized spacial score (nSPS) is 18.8. The molecule has 1 aromatic carbocycles. The fraction of sp³-hybridized carbons (Fsp3) is 0.476. The van der Waals surface area contributed by atoms with E-state index in [-0.39, 0.29) is 5.69 Å². The van der Waals surface area contributed by atoms with E-state index in [1.54, 1.807) is 4.90 Å². The number of halogens is 4. The minimum absolute atomic E-state index is 0.148. The van der Waals surface area contributed by atoms with Crippen LogP contribution < -0.4 is 21.5 Å². The van der Waals surface area contributed by atoms with Gasteiger partial charge in [0.1, 0.15) is 12.8 Å². The summed E-state index contributed by atoms with van der Waals surface area (Å²) in [5.74, 6) is -2.21. The number of aromatic nitrogens is 2. The maximum absolute atomic E-state index is 14.2. The van der Waals surface area contributed by atoms with Crippen molar-refractivity contribution >= 4 is 17.3 Å². The number of ether oxygens (including phenoxy) is 2. The summed E-state index contributed by atoms with van der Waals surface area (Å²) in [7, 11) is 0. The zero-order valence-electron chi connectivity index (χ0n) is 17.9. The van der Waals surface area contributed by atoms with Gasteiger partial charge in [0.05, 0.1) is 36.3 Å². The summed E-state index contributed by atoms with van der Waals surface area (Å²) >= 11 is 0. The number of nitrogens with one attached hydrogen (secondary N) is 1. The third kappa shape index (κ3) is 4.99. The topological polar surface area (TPSA) is 94.8 Å². The van der Waals surface area contributed by atoms with Gasteiger partial charge in [-0.25, -0.2) is 9.36 Å². The molecule has 9 nitrogen and oxygen atoms in total. The van der Waals surface area contributed by atoms with Gasteiger partial charge >= 0.3 is 11.9 Å². The molecule has 1 atom stereocenters. The molecule has 2 aliphatic rings. The SMILES string of the molecule is O=C(Cn1c(=O)c(F)cn([C@@H]2CCCO2)c1=O)Nc1cc(C(F)(F)F)ccc1N1CCOCC1. The van der Waals surface area contributed by atoms with Crippen molar-refractivity contribution < 1.29 is 31.8 Å². The van der Waals surface area contributed by atoms with Crippen molar-refractivity contribution in [3.05, 3.63) is 56.6 Å². The molecule has 0 aliphatic carbocycles. The van der Waals surface area contributed by atoms with Gasteiger partial charge in [0.15, 0.2) is 0 Å². The fourth-order valence-electron chi connectivity index (χ4n) is 3.94. The summed E-state index contributed by atoms with van der Waals surface area (Å²) in [6.07, 6.45) is -3.63. The highest BCUT2D eigenvalue weighted by Crippen LogP contribution is 2.35. The Kier molecular flexibility index (Phi) is 6.75. The Morgan fingerprint density at radius 2 is 1.88 bits per heavy atom. The van der Waals surface area contributed by atoms with Gasteiger partial charge in [0.25, 0.3) is 5.56 Å². The van der Waals surface area contributed by atoms with Crippen molar-refractivity contribution in [2.24, 2.45) is 0 Å². The number of carbonyl (C=O) groups is 1. The lowest BCUT2D eigenvalue weighted by atomic mass is 10.1. The number of hydrogen-bond acceptors (Lipinski definition) is 6. The van der Waals surface area contributed by atoms with Gasteiger partial charge < -0.3 is 19.7 Å². The van der Waals surface area contributed by atoms with Gasteiger partial charge in [-0.1, -0.05) is 0 Å². The lowest BCUT2D eigenvalue weighted by Crippen LogP contribution is -2.44. The largest absolute Gasteiger partial charge is 0.416 e. The Bertz CT molecular complexity index is 1180. The first-order valence-corrected chi connectivity index (χ1v) is 10.6. The minimum Gasteiger partial charge on any atom is -0.378 e. The molecule has 2 aromatic rings. The molecule has 0 saturated carbocycles. The summed E-state index contributed by atoms with van der Waals surface area (Å²) in [5.41, 5.74) is -3.07. The standard InChI is InChI=1S/C21H22F4N4O5/c22-14-11-28(18-2-1-7-34-18)20(32)29(19(14)31)12-17(30)26-15-10-13(21(23,24)25)3-4-16(15)27-5-8-33-9-6-27/h3-4,10-11,18H,1-2,5-9,12H2,(H,26,30)/t18-/m0/s1. The Morgan fingerprint density at radius 3 is 2.53 bits per heavy atom. The first kappa shape index (κ1) is 24.0. The Morgan fingerprint density at radius 1 is 1.15 bits per heavy atom. The number of alkyl halides is 3. The van der Waals surface area contributed by atoms with Crippen LogP contribution in [-0.2, 0) is 27.0 Å². The molecule has 1 amide bonds. The third-order valence-electron chi connectivity index (χ3n) is 5.62. The second kappa shape index (κ2) is 9.58. The average Bonchev–Trinajstić information content (AvgIpc) is 3.34. The predicted molar refractivity (Wildman–Crippen MR) is 112 cm³/mol. The van der Waals surface area contributed by atoms with E-state index in [0.717, 1.165) is 22.9 Å². The first-order valence-electron chi connectivity index (χ1n) is 10.6. The van der Waals surface area contributed by atoms with Crippen LogP contribution in [0.5, 0.6) is 0 Å². The lowest BCUT2D eigenvalue weighted by molar-refractivity contribution is -0.137. The lowest BCUT2D eigenvalue weighted by Gasteiger charge is -2.31. The molecule has 2 aliphatic heterocycles. The summed E-state index contributed by atoms with van der Waals surface area (Å²) in [6.45, 7) is 0.971. The van der Waals surface area contributed by atoms with Crippen LogP contribution in [0.2, 0.25) is 0 Å². The zero-order chi connectivity index (χ0) is 24.5. The van der Waals surface area contributed by atoms with Crippen molar-refractivity contribution in [2.75, 3.05) is 43.1 Å². The van der Waals surface area contributed by atoms with E-state index in [1.165, 1.54) is 6.07 Å². The van der Waals surface area contributed by atoms with Gasteiger partial charge in [-0.3, -0.25) is 14.2 Å². The molecular weight excluding hydrogens is 464 g/mol. The fourth-order valence-corrected chi connectivity index (χ4v) is 3.94. The molecule has 184 valence electrons. The third-order valence-corrected chi connectivity index (χ3v) is 5.62. The highest BCUT2D eigenvalue weighted by atomic mass is 19.4. The molecule has 2 saturated heterocycles. The zero-order valence-corrected chi connectivity index (χ0v) is 17.9. The van der Waals surface area contributed by atoms with E-state index < -0.39 is 47.5 Å². The molecule has 3 heterocycles. The number of carbonyl (C=O) groups excluding carboxylic acids is 1. The summed E-state index contributed by atoms with van der Waals surface area (Å²) in [6, 6.07) is 2.92. The number of morpholine rings is 1. The van der Waals surface area contributed by atoms with Gasteiger partial charge in [0.2, 0.25) is 11.7 Å². The molecule has 2 fully saturated rings. The van der Waals surface area contributed by atoms with E-state index in [9.17, 15) is 31.9 Å². The van der Waals surface area contributed by atoms with Crippen LogP contribution in [-0.4, -0.2) is 48.0 Å². The van der Waals surface area contributed by atoms with Crippen LogP contribution in [0.25, 0.3) is 0 Å². The number of anilines is 2. The molecule has 0 spiro atoms. The molecule has 4 rings (SSSR count). The summed E-state index contributed by atoms with van der Waals surface area (Å²) < 4.78 is 66.0. The van der Waals surface area contributed by atoms with Gasteiger partial charge in [0, 0.05) is 19.7 Å². The highest BCUT2D eigenvalue weighted by molar-refractivity contribution is 5.94. The molecule has 0 radical (unpaired) electrons. The highest BCUT2D eigenvalue weighted by Gasteiger charge is 2.32. The quantitative estimate of drug-likeness (QED) is 0.650. The van der Waals surface area contributed by atoms with Crippen LogP contribution >= 0.6 is 0 Å². The number of amides is 1. The van der Waals surface area contributed by atoms with E-state index in [0.29, 0.717) is 56.0 Å². The monoisotopic (exact) mass is 486 g/mol. The van der Waals surface area contributed by atoms with E-state index in [4.69, 9.17) is 9.47 Å². The van der Waals surface area contributed by atoms with Crippen LogP contribution in [0.1, 0.15) is 24.6 Å². The predicted octanol–water partition coefficient (Wildman–Crippen LogP) is 1.95. The van der Waals surface area contributed by atoms with E-state index in [1.807, 2.05) is 0 Å². The smallest absolute Gasteiger partial charge is 0.378 e. The average molecular weight is 486 g/mol. The minimum atomic E-state index is -4.66. The van der Waals surface area contributed by atoms with E-state index in [2.05, 4.69) is 5.32 Å². The Balaban J connectivity index is 1.64. The molecule has 13 heteroatoms. The van der Waals surface area contributed by atoms with Crippen LogP contribution in [0.3, 0.4) is 0 Å². The number of hydrogen-bond donors (Lipinski definition) is 1. The molecular formula is C21H22F4N4O5. The van der Waals surface area contributed by atoms with Crippen molar-refractivity contribution in [2.45, 2.75) is 31.8 Å². The van der Waals surface area contributed by atoms with Crippen molar-refractivity contribution in [3.63, 3.8) is 0 Å². The molecule has 1 N–H and O–H groups in total. The number of benzene rings is 1. The number of rotatable bonds is 5. The summed E-state index contributed by atoms with van der Waals surface area (Å²) in [4.78, 5) is 39.4. The second-order valence-electron chi connectivity index (χ2n) is 7.90.